The fourth-order valence-corrected chi connectivity index (χ4v) is 2.57. The summed E-state index contributed by atoms with van der Waals surface area (Å²) in [6, 6.07) is 6.38. The van der Waals surface area contributed by atoms with E-state index >= 15 is 0 Å². The number of aryl methyl sites for hydroxylation is 1. The van der Waals surface area contributed by atoms with E-state index in [0.717, 1.165) is 23.9 Å². The van der Waals surface area contributed by atoms with E-state index in [4.69, 9.17) is 4.74 Å². The Hall–Kier alpha value is -1.22. The third-order valence-corrected chi connectivity index (χ3v) is 3.86. The van der Waals surface area contributed by atoms with Crippen LogP contribution < -0.4 is 10.1 Å². The number of nitrogens with one attached hydrogen (secondary N) is 1. The minimum atomic E-state index is 0.715. The van der Waals surface area contributed by atoms with Crippen LogP contribution in [-0.4, -0.2) is 38.2 Å². The molecule has 1 aliphatic heterocycles. The van der Waals surface area contributed by atoms with Gasteiger partial charge in [0.25, 0.3) is 0 Å². The van der Waals surface area contributed by atoms with Crippen molar-refractivity contribution in [1.29, 1.82) is 0 Å². The van der Waals surface area contributed by atoms with Crippen molar-refractivity contribution in [3.8, 4) is 5.75 Å². The zero-order valence-electron chi connectivity index (χ0n) is 12.4. The summed E-state index contributed by atoms with van der Waals surface area (Å²) in [5.74, 6) is 1.77. The molecule has 0 unspecified atom stereocenters. The van der Waals surface area contributed by atoms with Gasteiger partial charge in [0.1, 0.15) is 5.75 Å². The van der Waals surface area contributed by atoms with Crippen LogP contribution in [0.15, 0.2) is 18.2 Å². The Bertz CT molecular complexity index is 398. The smallest absolute Gasteiger partial charge is 0.142 e. The van der Waals surface area contributed by atoms with Crippen molar-refractivity contribution in [1.82, 2.24) is 4.90 Å². The van der Waals surface area contributed by atoms with Crippen molar-refractivity contribution in [2.45, 2.75) is 26.7 Å². The molecule has 0 atom stereocenters. The maximum absolute atomic E-state index is 5.70. The second-order valence-corrected chi connectivity index (χ2v) is 5.56. The fourth-order valence-electron chi connectivity index (χ4n) is 2.57. The maximum Gasteiger partial charge on any atom is 0.142 e. The number of piperidine rings is 1. The largest absolute Gasteiger partial charge is 0.492 e. The van der Waals surface area contributed by atoms with Gasteiger partial charge < -0.3 is 15.0 Å². The quantitative estimate of drug-likeness (QED) is 0.882. The van der Waals surface area contributed by atoms with Crippen LogP contribution in [0, 0.1) is 12.8 Å². The predicted molar refractivity (Wildman–Crippen MR) is 81.1 cm³/mol. The van der Waals surface area contributed by atoms with E-state index in [1.807, 2.05) is 6.92 Å². The molecular weight excluding hydrogens is 236 g/mol. The summed E-state index contributed by atoms with van der Waals surface area (Å²) >= 11 is 0. The number of hydrogen-bond acceptors (Lipinski definition) is 3. The molecule has 1 saturated heterocycles. The highest BCUT2D eigenvalue weighted by Crippen LogP contribution is 2.27. The SMILES string of the molecule is CCOc1cc(C)ccc1NCC1CCN(C)CC1. The highest BCUT2D eigenvalue weighted by molar-refractivity contribution is 5.57. The van der Waals surface area contributed by atoms with Crippen molar-refractivity contribution in [3.05, 3.63) is 23.8 Å². The van der Waals surface area contributed by atoms with Crippen molar-refractivity contribution >= 4 is 5.69 Å². The third kappa shape index (κ3) is 4.13. The third-order valence-electron chi connectivity index (χ3n) is 3.86. The second kappa shape index (κ2) is 6.80. The lowest BCUT2D eigenvalue weighted by atomic mass is 9.97. The van der Waals surface area contributed by atoms with Crippen LogP contribution in [0.3, 0.4) is 0 Å². The summed E-state index contributed by atoms with van der Waals surface area (Å²) in [6.45, 7) is 8.34. The molecule has 1 heterocycles. The molecular formula is C16H26N2O. The van der Waals surface area contributed by atoms with Gasteiger partial charge >= 0.3 is 0 Å². The molecule has 0 bridgehead atoms. The highest BCUT2D eigenvalue weighted by atomic mass is 16.5. The molecule has 1 fully saturated rings. The van der Waals surface area contributed by atoms with Crippen LogP contribution in [0.4, 0.5) is 5.69 Å². The minimum Gasteiger partial charge on any atom is -0.492 e. The van der Waals surface area contributed by atoms with Crippen molar-refractivity contribution < 1.29 is 4.74 Å². The van der Waals surface area contributed by atoms with Crippen LogP contribution in [0.1, 0.15) is 25.3 Å². The molecule has 0 aromatic heterocycles. The Balaban J connectivity index is 1.91. The standard InChI is InChI=1S/C16H26N2O/c1-4-19-16-11-13(2)5-6-15(16)17-12-14-7-9-18(3)10-8-14/h5-6,11,14,17H,4,7-10,12H2,1-3H3. The van der Waals surface area contributed by atoms with Crippen molar-refractivity contribution in [3.63, 3.8) is 0 Å². The lowest BCUT2D eigenvalue weighted by Crippen LogP contribution is -2.33. The van der Waals surface area contributed by atoms with E-state index in [2.05, 4.69) is 42.4 Å². The molecule has 1 aliphatic rings. The summed E-state index contributed by atoms with van der Waals surface area (Å²) in [7, 11) is 2.21. The molecule has 0 radical (unpaired) electrons. The molecule has 0 saturated carbocycles. The first-order valence-electron chi connectivity index (χ1n) is 7.35. The van der Waals surface area contributed by atoms with Crippen LogP contribution in [0.25, 0.3) is 0 Å². The first kappa shape index (κ1) is 14.2. The summed E-state index contributed by atoms with van der Waals surface area (Å²) < 4.78 is 5.70. The van der Waals surface area contributed by atoms with Gasteiger partial charge in [-0.1, -0.05) is 6.07 Å². The van der Waals surface area contributed by atoms with Gasteiger partial charge in [0.15, 0.2) is 0 Å². The van der Waals surface area contributed by atoms with E-state index in [1.165, 1.54) is 31.5 Å². The van der Waals surface area contributed by atoms with Gasteiger partial charge in [0.05, 0.1) is 12.3 Å². The molecule has 0 aliphatic carbocycles. The summed E-state index contributed by atoms with van der Waals surface area (Å²) in [4.78, 5) is 2.41. The molecule has 2 rings (SSSR count). The topological polar surface area (TPSA) is 24.5 Å². The summed E-state index contributed by atoms with van der Waals surface area (Å²) in [5.41, 5.74) is 2.37. The highest BCUT2D eigenvalue weighted by Gasteiger charge is 2.16. The van der Waals surface area contributed by atoms with E-state index in [9.17, 15) is 0 Å². The Morgan fingerprint density at radius 2 is 2.05 bits per heavy atom. The molecule has 1 N–H and O–H groups in total. The lowest BCUT2D eigenvalue weighted by Gasteiger charge is -2.29. The van der Waals surface area contributed by atoms with Crippen LogP contribution in [0.5, 0.6) is 5.75 Å². The van der Waals surface area contributed by atoms with E-state index < -0.39 is 0 Å². The first-order chi connectivity index (χ1) is 9.19. The molecule has 0 amide bonds. The average molecular weight is 262 g/mol. The maximum atomic E-state index is 5.70. The van der Waals surface area contributed by atoms with Gasteiger partial charge in [-0.15, -0.1) is 0 Å². The van der Waals surface area contributed by atoms with Crippen LogP contribution in [-0.2, 0) is 0 Å². The molecule has 19 heavy (non-hydrogen) atoms. The first-order valence-corrected chi connectivity index (χ1v) is 7.35. The van der Waals surface area contributed by atoms with Crippen LogP contribution in [0.2, 0.25) is 0 Å². The number of likely N-dealkylation sites (tertiary alicyclic amines) is 1. The number of rotatable bonds is 5. The van der Waals surface area contributed by atoms with Crippen molar-refractivity contribution in [2.75, 3.05) is 38.6 Å². The zero-order valence-corrected chi connectivity index (χ0v) is 12.4. The Morgan fingerprint density at radius 3 is 2.74 bits per heavy atom. The number of ether oxygens (including phenoxy) is 1. The van der Waals surface area contributed by atoms with Crippen LogP contribution >= 0.6 is 0 Å². The monoisotopic (exact) mass is 262 g/mol. The van der Waals surface area contributed by atoms with E-state index in [0.29, 0.717) is 6.61 Å². The molecule has 3 heteroatoms. The van der Waals surface area contributed by atoms with Gasteiger partial charge in [0, 0.05) is 6.54 Å². The minimum absolute atomic E-state index is 0.715. The molecule has 3 nitrogen and oxygen atoms in total. The average Bonchev–Trinajstić information content (AvgIpc) is 2.40. The predicted octanol–water partition coefficient (Wildman–Crippen LogP) is 3.15. The van der Waals surface area contributed by atoms with E-state index in [1.54, 1.807) is 0 Å². The molecule has 0 spiro atoms. The fraction of sp³-hybridized carbons (Fsp3) is 0.625. The molecule has 1 aromatic carbocycles. The van der Waals surface area contributed by atoms with Crippen molar-refractivity contribution in [2.24, 2.45) is 5.92 Å². The van der Waals surface area contributed by atoms with Gasteiger partial charge in [-0.25, -0.2) is 0 Å². The van der Waals surface area contributed by atoms with Gasteiger partial charge in [-0.2, -0.15) is 0 Å². The Labute approximate surface area is 116 Å². The summed E-state index contributed by atoms with van der Waals surface area (Å²) in [5, 5.41) is 3.57. The Morgan fingerprint density at radius 1 is 1.32 bits per heavy atom. The lowest BCUT2D eigenvalue weighted by molar-refractivity contribution is 0.226. The molecule has 106 valence electrons. The number of benzene rings is 1. The number of nitrogens with zero attached hydrogens (tertiary/aromatic N) is 1. The van der Waals surface area contributed by atoms with Gasteiger partial charge in [-0.05, 0) is 70.4 Å². The van der Waals surface area contributed by atoms with Gasteiger partial charge in [-0.3, -0.25) is 0 Å². The molecule has 1 aromatic rings. The van der Waals surface area contributed by atoms with E-state index in [-0.39, 0.29) is 0 Å². The zero-order chi connectivity index (χ0) is 13.7. The second-order valence-electron chi connectivity index (χ2n) is 5.56. The van der Waals surface area contributed by atoms with Gasteiger partial charge in [0.2, 0.25) is 0 Å². The Kier molecular flexibility index (Phi) is 5.08. The number of hydrogen-bond donors (Lipinski definition) is 1. The normalized spacial score (nSPS) is 17.4. The number of anilines is 1. The summed E-state index contributed by atoms with van der Waals surface area (Å²) in [6.07, 6.45) is 2.58.